The molecule has 0 unspecified atom stereocenters. The van der Waals surface area contributed by atoms with Gasteiger partial charge < -0.3 is 4.42 Å². The molecule has 0 aliphatic carbocycles. The topological polar surface area (TPSA) is 60.2 Å². The molecule has 0 amide bonds. The third kappa shape index (κ3) is 2.42. The van der Waals surface area contributed by atoms with E-state index in [1.54, 1.807) is 6.07 Å². The van der Waals surface area contributed by atoms with Gasteiger partial charge in [0.05, 0.1) is 4.90 Å². The Balaban J connectivity index is 2.16. The number of aromatic nitrogens is 1. The standard InChI is InChI=1S/C14H10ClNO3S/c1-9-3-2-4-10(7-9)14-16-12-6-5-11(20(15,17)18)8-13(12)19-14/h2-8H,1H3. The fourth-order valence-corrected chi connectivity index (χ4v) is 2.72. The second-order valence-electron chi connectivity index (χ2n) is 4.46. The Bertz CT molecular complexity index is 900. The van der Waals surface area contributed by atoms with Crippen molar-refractivity contribution < 1.29 is 12.8 Å². The molecule has 0 spiro atoms. The van der Waals surface area contributed by atoms with Crippen molar-refractivity contribution in [1.82, 2.24) is 4.98 Å². The lowest BCUT2D eigenvalue weighted by atomic mass is 10.1. The van der Waals surface area contributed by atoms with Gasteiger partial charge in [-0.2, -0.15) is 0 Å². The fourth-order valence-electron chi connectivity index (χ4n) is 1.96. The second-order valence-corrected chi connectivity index (χ2v) is 7.02. The van der Waals surface area contributed by atoms with E-state index in [0.29, 0.717) is 17.0 Å². The zero-order chi connectivity index (χ0) is 14.3. The van der Waals surface area contributed by atoms with Crippen LogP contribution in [0.1, 0.15) is 5.56 Å². The molecule has 0 bridgehead atoms. The molecule has 4 nitrogen and oxygen atoms in total. The molecule has 0 radical (unpaired) electrons. The minimum atomic E-state index is -3.77. The smallest absolute Gasteiger partial charge is 0.261 e. The van der Waals surface area contributed by atoms with Crippen LogP contribution in [-0.2, 0) is 9.05 Å². The Morgan fingerprint density at radius 1 is 1.15 bits per heavy atom. The van der Waals surface area contributed by atoms with E-state index in [1.807, 2.05) is 31.2 Å². The molecule has 1 aromatic heterocycles. The van der Waals surface area contributed by atoms with Gasteiger partial charge in [0.15, 0.2) is 5.58 Å². The van der Waals surface area contributed by atoms with Crippen LogP contribution in [0.5, 0.6) is 0 Å². The van der Waals surface area contributed by atoms with Crippen LogP contribution in [0, 0.1) is 6.92 Å². The molecule has 0 aliphatic heterocycles. The van der Waals surface area contributed by atoms with Crippen molar-refractivity contribution in [3.8, 4) is 11.5 Å². The molecule has 0 aliphatic rings. The molecule has 0 N–H and O–H groups in total. The molecule has 2 aromatic carbocycles. The molecule has 0 atom stereocenters. The quantitative estimate of drug-likeness (QED) is 0.677. The summed E-state index contributed by atoms with van der Waals surface area (Å²) in [6.45, 7) is 1.98. The first-order valence-electron chi connectivity index (χ1n) is 5.86. The van der Waals surface area contributed by atoms with Gasteiger partial charge in [-0.15, -0.1) is 0 Å². The van der Waals surface area contributed by atoms with E-state index < -0.39 is 9.05 Å². The maximum atomic E-state index is 11.3. The first kappa shape index (κ1) is 13.1. The number of nitrogens with zero attached hydrogens (tertiary/aromatic N) is 1. The van der Waals surface area contributed by atoms with E-state index in [9.17, 15) is 8.42 Å². The molecule has 3 rings (SSSR count). The van der Waals surface area contributed by atoms with E-state index in [0.717, 1.165) is 11.1 Å². The van der Waals surface area contributed by atoms with Crippen LogP contribution in [0.3, 0.4) is 0 Å². The van der Waals surface area contributed by atoms with Crippen molar-refractivity contribution >= 4 is 30.8 Å². The first-order chi connectivity index (χ1) is 9.43. The Morgan fingerprint density at radius 3 is 2.65 bits per heavy atom. The summed E-state index contributed by atoms with van der Waals surface area (Å²) in [5.41, 5.74) is 2.92. The average molecular weight is 308 g/mol. The van der Waals surface area contributed by atoms with E-state index in [1.165, 1.54) is 12.1 Å². The van der Waals surface area contributed by atoms with Crippen molar-refractivity contribution in [2.75, 3.05) is 0 Å². The van der Waals surface area contributed by atoms with E-state index >= 15 is 0 Å². The number of halogens is 1. The average Bonchev–Trinajstić information content (AvgIpc) is 2.80. The van der Waals surface area contributed by atoms with Crippen molar-refractivity contribution in [2.24, 2.45) is 0 Å². The highest BCUT2D eigenvalue weighted by atomic mass is 35.7. The van der Waals surface area contributed by atoms with Crippen molar-refractivity contribution in [3.63, 3.8) is 0 Å². The molecule has 102 valence electrons. The summed E-state index contributed by atoms with van der Waals surface area (Å²) < 4.78 is 28.2. The van der Waals surface area contributed by atoms with Crippen LogP contribution in [0.15, 0.2) is 51.8 Å². The number of benzene rings is 2. The Hall–Kier alpha value is -1.85. The minimum absolute atomic E-state index is 0.00129. The highest BCUT2D eigenvalue weighted by Crippen LogP contribution is 2.27. The molecule has 3 aromatic rings. The molecule has 1 heterocycles. The van der Waals surface area contributed by atoms with Gasteiger partial charge in [0.25, 0.3) is 9.05 Å². The monoisotopic (exact) mass is 307 g/mol. The highest BCUT2D eigenvalue weighted by molar-refractivity contribution is 8.13. The van der Waals surface area contributed by atoms with Crippen molar-refractivity contribution in [3.05, 3.63) is 48.0 Å². The zero-order valence-electron chi connectivity index (χ0n) is 10.5. The maximum absolute atomic E-state index is 11.3. The summed E-state index contributed by atoms with van der Waals surface area (Å²) in [4.78, 5) is 4.34. The molecule has 0 saturated heterocycles. The van der Waals surface area contributed by atoms with Crippen LogP contribution >= 0.6 is 10.7 Å². The van der Waals surface area contributed by atoms with Gasteiger partial charge in [-0.3, -0.25) is 0 Å². The summed E-state index contributed by atoms with van der Waals surface area (Å²) in [5, 5.41) is 0. The van der Waals surface area contributed by atoms with Gasteiger partial charge in [-0.1, -0.05) is 17.7 Å². The second kappa shape index (κ2) is 4.61. The normalized spacial score (nSPS) is 11.9. The number of rotatable bonds is 2. The highest BCUT2D eigenvalue weighted by Gasteiger charge is 2.14. The number of fused-ring (bicyclic) bond motifs is 1. The van der Waals surface area contributed by atoms with Gasteiger partial charge in [0.2, 0.25) is 5.89 Å². The Labute approximate surface area is 120 Å². The van der Waals surface area contributed by atoms with Gasteiger partial charge in [0.1, 0.15) is 5.52 Å². The maximum Gasteiger partial charge on any atom is 0.261 e. The van der Waals surface area contributed by atoms with Crippen molar-refractivity contribution in [2.45, 2.75) is 11.8 Å². The Kier molecular flexibility index (Phi) is 3.03. The zero-order valence-corrected chi connectivity index (χ0v) is 12.1. The van der Waals surface area contributed by atoms with Gasteiger partial charge in [0, 0.05) is 22.3 Å². The SMILES string of the molecule is Cc1cccc(-c2nc3ccc(S(=O)(=O)Cl)cc3o2)c1. The summed E-state index contributed by atoms with van der Waals surface area (Å²) in [6.07, 6.45) is 0. The molecule has 20 heavy (non-hydrogen) atoms. The van der Waals surface area contributed by atoms with Gasteiger partial charge in [-0.25, -0.2) is 13.4 Å². The third-order valence-corrected chi connectivity index (χ3v) is 4.26. The van der Waals surface area contributed by atoms with E-state index in [2.05, 4.69) is 4.98 Å². The van der Waals surface area contributed by atoms with Crippen LogP contribution in [0.2, 0.25) is 0 Å². The summed E-state index contributed by atoms with van der Waals surface area (Å²) in [6, 6.07) is 12.1. The van der Waals surface area contributed by atoms with Crippen molar-refractivity contribution in [1.29, 1.82) is 0 Å². The third-order valence-electron chi connectivity index (χ3n) is 2.91. The molecular formula is C14H10ClNO3S. The van der Waals surface area contributed by atoms with E-state index in [4.69, 9.17) is 15.1 Å². The summed E-state index contributed by atoms with van der Waals surface area (Å²) in [5.74, 6) is 0.452. The van der Waals surface area contributed by atoms with Gasteiger partial charge >= 0.3 is 0 Å². The predicted molar refractivity (Wildman–Crippen MR) is 77.2 cm³/mol. The number of hydrogen-bond acceptors (Lipinski definition) is 4. The summed E-state index contributed by atoms with van der Waals surface area (Å²) in [7, 11) is 1.54. The molecule has 0 fully saturated rings. The summed E-state index contributed by atoms with van der Waals surface area (Å²) >= 11 is 0. The minimum Gasteiger partial charge on any atom is -0.436 e. The largest absolute Gasteiger partial charge is 0.436 e. The molecule has 6 heteroatoms. The number of oxazole rings is 1. The van der Waals surface area contributed by atoms with Crippen LogP contribution in [-0.4, -0.2) is 13.4 Å². The number of aryl methyl sites for hydroxylation is 1. The first-order valence-corrected chi connectivity index (χ1v) is 8.17. The van der Waals surface area contributed by atoms with Crippen LogP contribution < -0.4 is 0 Å². The lowest BCUT2D eigenvalue weighted by molar-refractivity contribution is 0.606. The lowest BCUT2D eigenvalue weighted by Crippen LogP contribution is -1.88. The predicted octanol–water partition coefficient (Wildman–Crippen LogP) is 3.73. The Morgan fingerprint density at radius 2 is 1.95 bits per heavy atom. The molecular weight excluding hydrogens is 298 g/mol. The van der Waals surface area contributed by atoms with E-state index in [-0.39, 0.29) is 4.90 Å². The van der Waals surface area contributed by atoms with Crippen LogP contribution in [0.4, 0.5) is 0 Å². The number of hydrogen-bond donors (Lipinski definition) is 0. The molecule has 0 saturated carbocycles. The fraction of sp³-hybridized carbons (Fsp3) is 0.0714. The lowest BCUT2D eigenvalue weighted by Gasteiger charge is -1.96. The van der Waals surface area contributed by atoms with Crippen LogP contribution in [0.25, 0.3) is 22.6 Å². The van der Waals surface area contributed by atoms with Gasteiger partial charge in [-0.05, 0) is 31.2 Å².